The molecule has 2 aromatic carbocycles. The summed E-state index contributed by atoms with van der Waals surface area (Å²) in [6.45, 7) is 6.15. The highest BCUT2D eigenvalue weighted by molar-refractivity contribution is 7.89. The minimum absolute atomic E-state index is 0.0965. The molecule has 0 bridgehead atoms. The molecule has 0 aliphatic heterocycles. The second-order valence-electron chi connectivity index (χ2n) is 6.33. The number of rotatable bonds is 9. The van der Waals surface area contributed by atoms with E-state index in [4.69, 9.17) is 11.6 Å². The van der Waals surface area contributed by atoms with E-state index in [1.54, 1.807) is 0 Å². The maximum Gasteiger partial charge on any atom is 0.243 e. The molecule has 0 atom stereocenters. The Balaban J connectivity index is 1.92. The molecule has 152 valence electrons. The lowest BCUT2D eigenvalue weighted by atomic mass is 10.2. The molecule has 2 aromatic rings. The number of anilines is 1. The first kappa shape index (κ1) is 22.2. The van der Waals surface area contributed by atoms with E-state index in [-0.39, 0.29) is 17.3 Å². The average molecular weight is 424 g/mol. The standard InChI is InChI=1S/C20H26ClN3O3S/c1-4-24(5-2)18-10-6-16(7-11-18)14-22-20(25)15-23(3)28(26,27)19-12-8-17(21)9-13-19/h6-13H,4-5,14-15H2,1-3H3,(H,22,25). The van der Waals surface area contributed by atoms with Crippen molar-refractivity contribution in [3.8, 4) is 0 Å². The fraction of sp³-hybridized carbons (Fsp3) is 0.350. The van der Waals surface area contributed by atoms with Crippen molar-refractivity contribution in [2.45, 2.75) is 25.3 Å². The smallest absolute Gasteiger partial charge is 0.243 e. The van der Waals surface area contributed by atoms with Crippen molar-refractivity contribution in [2.75, 3.05) is 31.6 Å². The molecule has 0 aliphatic carbocycles. The van der Waals surface area contributed by atoms with Gasteiger partial charge in [-0.3, -0.25) is 4.79 Å². The molecule has 0 radical (unpaired) electrons. The van der Waals surface area contributed by atoms with Crippen LogP contribution in [0.5, 0.6) is 0 Å². The van der Waals surface area contributed by atoms with Gasteiger partial charge in [0.1, 0.15) is 0 Å². The number of nitrogens with zero attached hydrogens (tertiary/aromatic N) is 2. The molecule has 0 fully saturated rings. The lowest BCUT2D eigenvalue weighted by molar-refractivity contribution is -0.121. The molecule has 0 aliphatic rings. The maximum atomic E-state index is 12.5. The van der Waals surface area contributed by atoms with E-state index in [0.29, 0.717) is 11.6 Å². The van der Waals surface area contributed by atoms with Crippen LogP contribution in [0.15, 0.2) is 53.4 Å². The van der Waals surface area contributed by atoms with Crippen LogP contribution in [0, 0.1) is 0 Å². The number of carbonyl (C=O) groups is 1. The van der Waals surface area contributed by atoms with Crippen LogP contribution in [0.3, 0.4) is 0 Å². The molecule has 8 heteroatoms. The molecule has 0 unspecified atom stereocenters. The van der Waals surface area contributed by atoms with Crippen molar-refractivity contribution < 1.29 is 13.2 Å². The highest BCUT2D eigenvalue weighted by atomic mass is 35.5. The predicted octanol–water partition coefficient (Wildman–Crippen LogP) is 3.12. The zero-order valence-corrected chi connectivity index (χ0v) is 17.9. The number of hydrogen-bond acceptors (Lipinski definition) is 4. The van der Waals surface area contributed by atoms with Crippen LogP contribution in [-0.4, -0.2) is 45.3 Å². The van der Waals surface area contributed by atoms with Crippen molar-refractivity contribution in [1.82, 2.24) is 9.62 Å². The van der Waals surface area contributed by atoms with Crippen molar-refractivity contribution in [1.29, 1.82) is 0 Å². The Morgan fingerprint density at radius 2 is 1.57 bits per heavy atom. The van der Waals surface area contributed by atoms with Crippen molar-refractivity contribution in [3.63, 3.8) is 0 Å². The largest absolute Gasteiger partial charge is 0.372 e. The molecular formula is C20H26ClN3O3S. The number of halogens is 1. The Kier molecular flexibility index (Phi) is 7.86. The van der Waals surface area contributed by atoms with E-state index in [0.717, 1.165) is 28.6 Å². The van der Waals surface area contributed by atoms with E-state index >= 15 is 0 Å². The van der Waals surface area contributed by atoms with Gasteiger partial charge >= 0.3 is 0 Å². The molecule has 0 aromatic heterocycles. The van der Waals surface area contributed by atoms with E-state index in [2.05, 4.69) is 24.1 Å². The van der Waals surface area contributed by atoms with Gasteiger partial charge in [-0.15, -0.1) is 0 Å². The fourth-order valence-electron chi connectivity index (χ4n) is 2.74. The highest BCUT2D eigenvalue weighted by Gasteiger charge is 2.22. The summed E-state index contributed by atoms with van der Waals surface area (Å²) >= 11 is 5.79. The Labute approximate surface area is 172 Å². The van der Waals surface area contributed by atoms with Crippen LogP contribution in [-0.2, 0) is 21.4 Å². The number of amides is 1. The lowest BCUT2D eigenvalue weighted by Gasteiger charge is -2.21. The number of hydrogen-bond donors (Lipinski definition) is 1. The summed E-state index contributed by atoms with van der Waals surface area (Å²) in [5.41, 5.74) is 2.08. The average Bonchev–Trinajstić information content (AvgIpc) is 2.68. The molecule has 0 saturated heterocycles. The fourth-order valence-corrected chi connectivity index (χ4v) is 4.00. The van der Waals surface area contributed by atoms with Crippen LogP contribution in [0.4, 0.5) is 5.69 Å². The third-order valence-corrected chi connectivity index (χ3v) is 6.51. The molecule has 0 spiro atoms. The van der Waals surface area contributed by atoms with Crippen LogP contribution >= 0.6 is 11.6 Å². The van der Waals surface area contributed by atoms with E-state index in [1.807, 2.05) is 24.3 Å². The third-order valence-electron chi connectivity index (χ3n) is 4.44. The Morgan fingerprint density at radius 3 is 2.11 bits per heavy atom. The van der Waals surface area contributed by atoms with E-state index in [9.17, 15) is 13.2 Å². The zero-order valence-electron chi connectivity index (χ0n) is 16.4. The van der Waals surface area contributed by atoms with Gasteiger partial charge in [-0.25, -0.2) is 8.42 Å². The summed E-state index contributed by atoms with van der Waals surface area (Å²) in [7, 11) is -2.37. The first-order valence-corrected chi connectivity index (χ1v) is 10.9. The van der Waals surface area contributed by atoms with Crippen molar-refractivity contribution in [3.05, 3.63) is 59.1 Å². The Morgan fingerprint density at radius 1 is 1.00 bits per heavy atom. The predicted molar refractivity (Wildman–Crippen MR) is 113 cm³/mol. The molecule has 0 heterocycles. The number of nitrogens with one attached hydrogen (secondary N) is 1. The number of benzene rings is 2. The molecule has 28 heavy (non-hydrogen) atoms. The van der Waals surface area contributed by atoms with Crippen LogP contribution < -0.4 is 10.2 Å². The van der Waals surface area contributed by atoms with Crippen molar-refractivity contribution in [2.24, 2.45) is 0 Å². The second kappa shape index (κ2) is 9.91. The first-order valence-electron chi connectivity index (χ1n) is 9.10. The van der Waals surface area contributed by atoms with Gasteiger partial charge in [0.15, 0.2) is 0 Å². The Hall–Kier alpha value is -2.09. The topological polar surface area (TPSA) is 69.7 Å². The monoisotopic (exact) mass is 423 g/mol. The quantitative estimate of drug-likeness (QED) is 0.672. The summed E-state index contributed by atoms with van der Waals surface area (Å²) in [5.74, 6) is -0.368. The zero-order chi connectivity index (χ0) is 20.7. The highest BCUT2D eigenvalue weighted by Crippen LogP contribution is 2.17. The van der Waals surface area contributed by atoms with Gasteiger partial charge in [0.25, 0.3) is 0 Å². The van der Waals surface area contributed by atoms with Crippen LogP contribution in [0.1, 0.15) is 19.4 Å². The molecule has 1 N–H and O–H groups in total. The maximum absolute atomic E-state index is 12.5. The minimum atomic E-state index is -3.75. The van der Waals surface area contributed by atoms with Gasteiger partial charge in [0, 0.05) is 37.4 Å². The molecule has 6 nitrogen and oxygen atoms in total. The molecular weight excluding hydrogens is 398 g/mol. The normalized spacial score (nSPS) is 11.5. The summed E-state index contributed by atoms with van der Waals surface area (Å²) in [6.07, 6.45) is 0. The van der Waals surface area contributed by atoms with Gasteiger partial charge < -0.3 is 10.2 Å². The Bertz CT molecular complexity index is 880. The minimum Gasteiger partial charge on any atom is -0.372 e. The van der Waals surface area contributed by atoms with Crippen molar-refractivity contribution >= 4 is 33.2 Å². The lowest BCUT2D eigenvalue weighted by Crippen LogP contribution is -2.38. The summed E-state index contributed by atoms with van der Waals surface area (Å²) in [5, 5.41) is 3.21. The first-order chi connectivity index (χ1) is 13.3. The van der Waals surface area contributed by atoms with E-state index in [1.165, 1.54) is 31.3 Å². The number of sulfonamides is 1. The van der Waals surface area contributed by atoms with Gasteiger partial charge in [0.2, 0.25) is 15.9 Å². The van der Waals surface area contributed by atoms with Gasteiger partial charge in [-0.05, 0) is 55.8 Å². The van der Waals surface area contributed by atoms with Crippen LogP contribution in [0.2, 0.25) is 5.02 Å². The SMILES string of the molecule is CCN(CC)c1ccc(CNC(=O)CN(C)S(=O)(=O)c2ccc(Cl)cc2)cc1. The number of carbonyl (C=O) groups excluding carboxylic acids is 1. The molecule has 1 amide bonds. The summed E-state index contributed by atoms with van der Waals surface area (Å²) in [6, 6.07) is 13.8. The van der Waals surface area contributed by atoms with Gasteiger partial charge in [0.05, 0.1) is 11.4 Å². The third kappa shape index (κ3) is 5.70. The van der Waals surface area contributed by atoms with Gasteiger partial charge in [-0.1, -0.05) is 23.7 Å². The van der Waals surface area contributed by atoms with E-state index < -0.39 is 10.0 Å². The summed E-state index contributed by atoms with van der Waals surface area (Å²) in [4.78, 5) is 14.5. The molecule has 0 saturated carbocycles. The van der Waals surface area contributed by atoms with Crippen LogP contribution in [0.25, 0.3) is 0 Å². The second-order valence-corrected chi connectivity index (χ2v) is 8.81. The summed E-state index contributed by atoms with van der Waals surface area (Å²) < 4.78 is 26.0. The number of likely N-dealkylation sites (N-methyl/N-ethyl adjacent to an activating group) is 1. The molecule has 2 rings (SSSR count). The van der Waals surface area contributed by atoms with Gasteiger partial charge in [-0.2, -0.15) is 4.31 Å².